The van der Waals surface area contributed by atoms with Crippen LogP contribution in [0.25, 0.3) is 11.4 Å². The normalized spacial score (nSPS) is 12.0. The van der Waals surface area contributed by atoms with Crippen molar-refractivity contribution in [2.24, 2.45) is 0 Å². The van der Waals surface area contributed by atoms with Crippen molar-refractivity contribution < 1.29 is 13.6 Å². The Bertz CT molecular complexity index is 974. The lowest BCUT2D eigenvalue weighted by Gasteiger charge is -2.13. The summed E-state index contributed by atoms with van der Waals surface area (Å²) in [5, 5.41) is 11.2. The number of aromatic nitrogens is 3. The molecule has 0 fully saturated rings. The number of benzene rings is 2. The maximum atomic E-state index is 13.7. The van der Waals surface area contributed by atoms with Crippen molar-refractivity contribution in [3.05, 3.63) is 59.1 Å². The van der Waals surface area contributed by atoms with Gasteiger partial charge in [0.1, 0.15) is 17.3 Å². The lowest BCUT2D eigenvalue weighted by molar-refractivity contribution is -0.115. The van der Waals surface area contributed by atoms with Gasteiger partial charge in [-0.1, -0.05) is 29.4 Å². The molecule has 1 aromatic heterocycles. The summed E-state index contributed by atoms with van der Waals surface area (Å²) in [4.78, 5) is 12.4. The zero-order valence-electron chi connectivity index (χ0n) is 15.1. The molecular formula is C19H17ClF2N4OS. The molecule has 1 atom stereocenters. The molecule has 0 bridgehead atoms. The van der Waals surface area contributed by atoms with Crippen molar-refractivity contribution in [3.8, 4) is 11.4 Å². The molecule has 1 amide bonds. The molecule has 1 N–H and O–H groups in total. The fourth-order valence-electron chi connectivity index (χ4n) is 2.53. The van der Waals surface area contributed by atoms with Crippen LogP contribution in [0.15, 0.2) is 47.6 Å². The van der Waals surface area contributed by atoms with Crippen molar-refractivity contribution in [1.29, 1.82) is 0 Å². The smallest absolute Gasteiger partial charge is 0.237 e. The topological polar surface area (TPSA) is 59.8 Å². The fourth-order valence-corrected chi connectivity index (χ4v) is 3.57. The van der Waals surface area contributed by atoms with E-state index in [-0.39, 0.29) is 0 Å². The molecule has 3 rings (SSSR count). The summed E-state index contributed by atoms with van der Waals surface area (Å²) < 4.78 is 29.3. The summed E-state index contributed by atoms with van der Waals surface area (Å²) in [5.74, 6) is -1.54. The van der Waals surface area contributed by atoms with Gasteiger partial charge in [0.05, 0.1) is 5.25 Å². The molecule has 28 heavy (non-hydrogen) atoms. The van der Waals surface area contributed by atoms with Gasteiger partial charge in [-0.15, -0.1) is 10.2 Å². The number of amides is 1. The highest BCUT2D eigenvalue weighted by Crippen LogP contribution is 2.28. The highest BCUT2D eigenvalue weighted by atomic mass is 35.5. The Morgan fingerprint density at radius 3 is 2.43 bits per heavy atom. The molecular weight excluding hydrogens is 406 g/mol. The lowest BCUT2D eigenvalue weighted by atomic mass is 10.2. The van der Waals surface area contributed by atoms with E-state index in [0.29, 0.717) is 22.5 Å². The Kier molecular flexibility index (Phi) is 6.31. The molecule has 0 saturated carbocycles. The molecule has 0 aliphatic rings. The van der Waals surface area contributed by atoms with Gasteiger partial charge in [0.25, 0.3) is 0 Å². The monoisotopic (exact) mass is 422 g/mol. The van der Waals surface area contributed by atoms with E-state index in [9.17, 15) is 13.6 Å². The van der Waals surface area contributed by atoms with E-state index in [1.165, 1.54) is 6.07 Å². The second kappa shape index (κ2) is 8.70. The molecule has 0 radical (unpaired) electrons. The van der Waals surface area contributed by atoms with Crippen LogP contribution in [0.5, 0.6) is 0 Å². The standard InChI is InChI=1S/C19H17ClF2N4OS/c1-3-26-17(12-7-9-13(20)10-8-12)24-25-19(26)28-11(2)18(27)23-16-14(21)5-4-6-15(16)22/h4-11H,3H2,1-2H3,(H,23,27). The fraction of sp³-hybridized carbons (Fsp3) is 0.211. The van der Waals surface area contributed by atoms with E-state index in [0.717, 1.165) is 29.5 Å². The van der Waals surface area contributed by atoms with Crippen LogP contribution in [-0.2, 0) is 11.3 Å². The molecule has 1 heterocycles. The molecule has 146 valence electrons. The first-order chi connectivity index (χ1) is 13.4. The highest BCUT2D eigenvalue weighted by molar-refractivity contribution is 8.00. The minimum absolute atomic E-state index is 0.459. The summed E-state index contributed by atoms with van der Waals surface area (Å²) in [6, 6.07) is 10.6. The summed E-state index contributed by atoms with van der Waals surface area (Å²) in [6.07, 6.45) is 0. The largest absolute Gasteiger partial charge is 0.320 e. The first kappa shape index (κ1) is 20.3. The second-order valence-electron chi connectivity index (χ2n) is 5.90. The van der Waals surface area contributed by atoms with Crippen LogP contribution in [-0.4, -0.2) is 25.9 Å². The third kappa shape index (κ3) is 4.34. The number of nitrogens with one attached hydrogen (secondary N) is 1. The van der Waals surface area contributed by atoms with Crippen LogP contribution in [0.3, 0.4) is 0 Å². The summed E-state index contributed by atoms with van der Waals surface area (Å²) in [6.45, 7) is 4.16. The first-order valence-corrected chi connectivity index (χ1v) is 9.77. The zero-order chi connectivity index (χ0) is 20.3. The van der Waals surface area contributed by atoms with Gasteiger partial charge in [-0.05, 0) is 50.2 Å². The van der Waals surface area contributed by atoms with Gasteiger partial charge in [0.2, 0.25) is 5.91 Å². The Balaban J connectivity index is 1.77. The number of carbonyl (C=O) groups excluding carboxylic acids is 1. The third-order valence-corrected chi connectivity index (χ3v) is 5.33. The van der Waals surface area contributed by atoms with Crippen molar-refractivity contribution in [3.63, 3.8) is 0 Å². The lowest BCUT2D eigenvalue weighted by Crippen LogP contribution is -2.24. The van der Waals surface area contributed by atoms with Crippen molar-refractivity contribution >= 4 is 35.0 Å². The van der Waals surface area contributed by atoms with E-state index >= 15 is 0 Å². The molecule has 0 saturated heterocycles. The number of hydrogen-bond donors (Lipinski definition) is 1. The van der Waals surface area contributed by atoms with Crippen molar-refractivity contribution in [2.45, 2.75) is 30.8 Å². The predicted molar refractivity (Wildman–Crippen MR) is 106 cm³/mol. The average molecular weight is 423 g/mol. The number of thioether (sulfide) groups is 1. The van der Waals surface area contributed by atoms with Crippen molar-refractivity contribution in [2.75, 3.05) is 5.32 Å². The maximum Gasteiger partial charge on any atom is 0.237 e. The van der Waals surface area contributed by atoms with Crippen LogP contribution in [0, 0.1) is 11.6 Å². The Labute approximate surface area is 170 Å². The van der Waals surface area contributed by atoms with Crippen LogP contribution in [0.4, 0.5) is 14.5 Å². The first-order valence-electron chi connectivity index (χ1n) is 8.51. The van der Waals surface area contributed by atoms with E-state index in [1.54, 1.807) is 19.1 Å². The van der Waals surface area contributed by atoms with Gasteiger partial charge in [-0.25, -0.2) is 8.78 Å². The minimum Gasteiger partial charge on any atom is -0.320 e. The van der Waals surface area contributed by atoms with E-state index in [2.05, 4.69) is 15.5 Å². The molecule has 5 nitrogen and oxygen atoms in total. The molecule has 0 aliphatic heterocycles. The zero-order valence-corrected chi connectivity index (χ0v) is 16.7. The SMILES string of the molecule is CCn1c(SC(C)C(=O)Nc2c(F)cccc2F)nnc1-c1ccc(Cl)cc1. The highest BCUT2D eigenvalue weighted by Gasteiger charge is 2.22. The predicted octanol–water partition coefficient (Wildman–Crippen LogP) is 5.02. The number of anilines is 1. The average Bonchev–Trinajstić information content (AvgIpc) is 3.07. The summed E-state index contributed by atoms with van der Waals surface area (Å²) in [7, 11) is 0. The molecule has 3 aromatic rings. The number of nitrogens with zero attached hydrogens (tertiary/aromatic N) is 3. The number of hydrogen-bond acceptors (Lipinski definition) is 4. The number of rotatable bonds is 6. The van der Waals surface area contributed by atoms with E-state index in [4.69, 9.17) is 11.6 Å². The van der Waals surface area contributed by atoms with Gasteiger partial charge in [-0.2, -0.15) is 0 Å². The molecule has 1 unspecified atom stereocenters. The van der Waals surface area contributed by atoms with Crippen LogP contribution in [0.1, 0.15) is 13.8 Å². The summed E-state index contributed by atoms with van der Waals surface area (Å²) in [5.41, 5.74) is 0.384. The van der Waals surface area contributed by atoms with Crippen LogP contribution < -0.4 is 5.32 Å². The molecule has 9 heteroatoms. The third-order valence-electron chi connectivity index (χ3n) is 4.00. The minimum atomic E-state index is -0.827. The van der Waals surface area contributed by atoms with Crippen LogP contribution in [0.2, 0.25) is 5.02 Å². The van der Waals surface area contributed by atoms with E-state index < -0.39 is 28.5 Å². The van der Waals surface area contributed by atoms with Gasteiger partial charge < -0.3 is 9.88 Å². The second-order valence-corrected chi connectivity index (χ2v) is 7.65. The van der Waals surface area contributed by atoms with Crippen molar-refractivity contribution in [1.82, 2.24) is 14.8 Å². The molecule has 0 aliphatic carbocycles. The Morgan fingerprint density at radius 2 is 1.82 bits per heavy atom. The van der Waals surface area contributed by atoms with Gasteiger partial charge >= 0.3 is 0 Å². The maximum absolute atomic E-state index is 13.7. The Hall–Kier alpha value is -2.45. The van der Waals surface area contributed by atoms with Gasteiger partial charge in [0.15, 0.2) is 11.0 Å². The Morgan fingerprint density at radius 1 is 1.18 bits per heavy atom. The van der Waals surface area contributed by atoms with Crippen LogP contribution >= 0.6 is 23.4 Å². The van der Waals surface area contributed by atoms with E-state index in [1.807, 2.05) is 23.6 Å². The number of carbonyl (C=O) groups is 1. The number of para-hydroxylation sites is 1. The molecule has 2 aromatic carbocycles. The van der Waals surface area contributed by atoms with Gasteiger partial charge in [-0.3, -0.25) is 4.79 Å². The quantitative estimate of drug-likeness (QED) is 0.567. The number of halogens is 3. The molecule has 0 spiro atoms. The summed E-state index contributed by atoms with van der Waals surface area (Å²) >= 11 is 7.08. The van der Waals surface area contributed by atoms with Gasteiger partial charge in [0, 0.05) is 17.1 Å².